The van der Waals surface area contributed by atoms with Crippen LogP contribution in [-0.4, -0.2) is 24.1 Å². The largest absolute Gasteiger partial charge is 0.326 e. The Balaban J connectivity index is 1.38. The number of rotatable bonds is 8. The molecular formula is C24H21ClN4O3S. The highest BCUT2D eigenvalue weighted by Gasteiger charge is 2.16. The van der Waals surface area contributed by atoms with E-state index in [0.717, 1.165) is 11.3 Å². The summed E-state index contributed by atoms with van der Waals surface area (Å²) in [6.07, 6.45) is 4.35. The molecular weight excluding hydrogens is 460 g/mol. The van der Waals surface area contributed by atoms with Crippen LogP contribution in [0.4, 0.5) is 11.4 Å². The summed E-state index contributed by atoms with van der Waals surface area (Å²) in [7, 11) is -3.87. The van der Waals surface area contributed by atoms with Crippen molar-refractivity contribution in [3.05, 3.63) is 102 Å². The minimum atomic E-state index is -3.87. The van der Waals surface area contributed by atoms with Crippen molar-refractivity contribution in [2.45, 2.75) is 17.7 Å². The van der Waals surface area contributed by atoms with Crippen LogP contribution < -0.4 is 10.0 Å². The molecule has 0 aliphatic rings. The van der Waals surface area contributed by atoms with Crippen LogP contribution in [0.5, 0.6) is 0 Å². The minimum absolute atomic E-state index is 0.0179. The summed E-state index contributed by atoms with van der Waals surface area (Å²) >= 11 is 6.05. The molecule has 0 spiro atoms. The summed E-state index contributed by atoms with van der Waals surface area (Å²) in [5, 5.41) is 7.38. The molecule has 1 aromatic heterocycles. The summed E-state index contributed by atoms with van der Waals surface area (Å²) in [5.41, 5.74) is 2.54. The second-order valence-electron chi connectivity index (χ2n) is 7.29. The van der Waals surface area contributed by atoms with E-state index >= 15 is 0 Å². The van der Waals surface area contributed by atoms with E-state index < -0.39 is 10.0 Å². The number of hydrogen-bond donors (Lipinski definition) is 2. The summed E-state index contributed by atoms with van der Waals surface area (Å²) in [6, 6.07) is 22.3. The van der Waals surface area contributed by atoms with E-state index in [1.54, 1.807) is 47.3 Å². The lowest BCUT2D eigenvalue weighted by molar-refractivity contribution is -0.116. The second kappa shape index (κ2) is 9.89. The Morgan fingerprint density at radius 3 is 2.52 bits per heavy atom. The molecule has 0 saturated heterocycles. The van der Waals surface area contributed by atoms with E-state index in [9.17, 15) is 13.2 Å². The third-order valence-electron chi connectivity index (χ3n) is 4.84. The lowest BCUT2D eigenvalue weighted by atomic mass is 10.2. The first-order chi connectivity index (χ1) is 15.9. The van der Waals surface area contributed by atoms with Crippen LogP contribution >= 0.6 is 11.6 Å². The molecule has 4 rings (SSSR count). The molecule has 0 aliphatic heterocycles. The topological polar surface area (TPSA) is 93.1 Å². The maximum absolute atomic E-state index is 12.7. The Kier molecular flexibility index (Phi) is 6.76. The number of anilines is 2. The number of sulfonamides is 1. The summed E-state index contributed by atoms with van der Waals surface area (Å²) in [5.74, 6) is -0.226. The highest BCUT2D eigenvalue weighted by atomic mass is 35.5. The van der Waals surface area contributed by atoms with Gasteiger partial charge >= 0.3 is 0 Å². The first kappa shape index (κ1) is 22.6. The Morgan fingerprint density at radius 2 is 1.73 bits per heavy atom. The number of hydrogen-bond acceptors (Lipinski definition) is 4. The molecule has 7 nitrogen and oxygen atoms in total. The van der Waals surface area contributed by atoms with Gasteiger partial charge in [-0.2, -0.15) is 5.10 Å². The molecule has 0 bridgehead atoms. The van der Waals surface area contributed by atoms with Gasteiger partial charge in [0.15, 0.2) is 0 Å². The fraction of sp³-hybridized carbons (Fsp3) is 0.0833. The molecule has 0 radical (unpaired) electrons. The van der Waals surface area contributed by atoms with Crippen molar-refractivity contribution in [1.82, 2.24) is 9.78 Å². The standard InChI is InChI=1S/C24H21ClN4O3S/c25-22-11-4-5-12-23(22)28-33(31,32)21-10-6-7-19(15-21)27-24(30)14-13-18-16-26-29(17-18)20-8-2-1-3-9-20/h1-12,15-17,28H,13-14H2,(H,27,30). The van der Waals surface area contributed by atoms with Crippen molar-refractivity contribution in [2.24, 2.45) is 0 Å². The van der Waals surface area contributed by atoms with Crippen molar-refractivity contribution < 1.29 is 13.2 Å². The Hall–Kier alpha value is -3.62. The molecule has 3 aromatic carbocycles. The zero-order valence-corrected chi connectivity index (χ0v) is 19.1. The van der Waals surface area contributed by atoms with Gasteiger partial charge in [0.25, 0.3) is 10.0 Å². The molecule has 0 atom stereocenters. The Morgan fingerprint density at radius 1 is 0.970 bits per heavy atom. The fourth-order valence-electron chi connectivity index (χ4n) is 3.18. The maximum Gasteiger partial charge on any atom is 0.262 e. The lowest BCUT2D eigenvalue weighted by Crippen LogP contribution is -2.15. The van der Waals surface area contributed by atoms with Crippen LogP contribution in [0.15, 0.2) is 96.2 Å². The SMILES string of the molecule is O=C(CCc1cnn(-c2ccccc2)c1)Nc1cccc(S(=O)(=O)Nc2ccccc2Cl)c1. The van der Waals surface area contributed by atoms with E-state index in [2.05, 4.69) is 15.1 Å². The number of aryl methyl sites for hydroxylation is 1. The monoisotopic (exact) mass is 480 g/mol. The normalized spacial score (nSPS) is 11.2. The van der Waals surface area contributed by atoms with Gasteiger partial charge in [0, 0.05) is 18.3 Å². The fourth-order valence-corrected chi connectivity index (χ4v) is 4.55. The number of nitrogens with one attached hydrogen (secondary N) is 2. The van der Waals surface area contributed by atoms with Gasteiger partial charge in [0.2, 0.25) is 5.91 Å². The molecule has 4 aromatic rings. The third kappa shape index (κ3) is 5.79. The van der Waals surface area contributed by atoms with Gasteiger partial charge in [-0.25, -0.2) is 13.1 Å². The van der Waals surface area contributed by atoms with Crippen molar-refractivity contribution in [3.8, 4) is 5.69 Å². The van der Waals surface area contributed by atoms with Crippen LogP contribution in [0.2, 0.25) is 5.02 Å². The van der Waals surface area contributed by atoms with Gasteiger partial charge in [-0.3, -0.25) is 9.52 Å². The molecule has 168 valence electrons. The average molecular weight is 481 g/mol. The molecule has 1 amide bonds. The molecule has 33 heavy (non-hydrogen) atoms. The quantitative estimate of drug-likeness (QED) is 0.375. The third-order valence-corrected chi connectivity index (χ3v) is 6.54. The molecule has 0 fully saturated rings. The van der Waals surface area contributed by atoms with E-state index in [1.807, 2.05) is 36.5 Å². The Labute approximate surface area is 197 Å². The Bertz CT molecular complexity index is 1370. The van der Waals surface area contributed by atoms with Gasteiger partial charge in [0.05, 0.1) is 27.5 Å². The van der Waals surface area contributed by atoms with Crippen molar-refractivity contribution in [1.29, 1.82) is 0 Å². The number of amides is 1. The number of benzene rings is 3. The smallest absolute Gasteiger partial charge is 0.262 e. The maximum atomic E-state index is 12.7. The molecule has 0 saturated carbocycles. The number of halogens is 1. The molecule has 1 heterocycles. The predicted molar refractivity (Wildman–Crippen MR) is 129 cm³/mol. The second-order valence-corrected chi connectivity index (χ2v) is 9.38. The van der Waals surface area contributed by atoms with Gasteiger partial charge < -0.3 is 5.32 Å². The van der Waals surface area contributed by atoms with E-state index in [0.29, 0.717) is 17.1 Å². The highest BCUT2D eigenvalue weighted by Crippen LogP contribution is 2.25. The minimum Gasteiger partial charge on any atom is -0.326 e. The number of para-hydroxylation sites is 2. The number of carbonyl (C=O) groups excluding carboxylic acids is 1. The van der Waals surface area contributed by atoms with E-state index in [4.69, 9.17) is 11.6 Å². The van der Waals surface area contributed by atoms with Gasteiger partial charge in [-0.05, 0) is 54.4 Å². The number of aromatic nitrogens is 2. The van der Waals surface area contributed by atoms with Crippen molar-refractivity contribution >= 4 is 38.9 Å². The molecule has 0 unspecified atom stereocenters. The molecule has 2 N–H and O–H groups in total. The van der Waals surface area contributed by atoms with E-state index in [-0.39, 0.29) is 22.9 Å². The predicted octanol–water partition coefficient (Wildman–Crippen LogP) is 4.90. The van der Waals surface area contributed by atoms with E-state index in [1.165, 1.54) is 12.1 Å². The zero-order chi connectivity index (χ0) is 23.3. The van der Waals surface area contributed by atoms with Crippen LogP contribution in [-0.2, 0) is 21.2 Å². The van der Waals surface area contributed by atoms with Gasteiger partial charge in [0.1, 0.15) is 0 Å². The summed E-state index contributed by atoms with van der Waals surface area (Å²) in [6.45, 7) is 0. The molecule has 0 aliphatic carbocycles. The average Bonchev–Trinajstić information content (AvgIpc) is 3.29. The highest BCUT2D eigenvalue weighted by molar-refractivity contribution is 7.92. The number of nitrogens with zero attached hydrogens (tertiary/aromatic N) is 2. The van der Waals surface area contributed by atoms with Crippen molar-refractivity contribution in [3.63, 3.8) is 0 Å². The van der Waals surface area contributed by atoms with Gasteiger partial charge in [-0.1, -0.05) is 48.0 Å². The van der Waals surface area contributed by atoms with Crippen LogP contribution in [0.1, 0.15) is 12.0 Å². The number of carbonyl (C=O) groups is 1. The van der Waals surface area contributed by atoms with Crippen LogP contribution in [0.3, 0.4) is 0 Å². The summed E-state index contributed by atoms with van der Waals surface area (Å²) < 4.78 is 29.7. The van der Waals surface area contributed by atoms with Gasteiger partial charge in [-0.15, -0.1) is 0 Å². The van der Waals surface area contributed by atoms with Crippen LogP contribution in [0.25, 0.3) is 5.69 Å². The van der Waals surface area contributed by atoms with Crippen molar-refractivity contribution in [2.75, 3.05) is 10.0 Å². The zero-order valence-electron chi connectivity index (χ0n) is 17.5. The molecule has 9 heteroatoms. The van der Waals surface area contributed by atoms with Crippen LogP contribution in [0, 0.1) is 0 Å². The lowest BCUT2D eigenvalue weighted by Gasteiger charge is -2.11. The first-order valence-corrected chi connectivity index (χ1v) is 12.0. The summed E-state index contributed by atoms with van der Waals surface area (Å²) in [4.78, 5) is 12.5. The first-order valence-electron chi connectivity index (χ1n) is 10.2.